The summed E-state index contributed by atoms with van der Waals surface area (Å²) in [5, 5.41) is 0. The van der Waals surface area contributed by atoms with E-state index in [1.54, 1.807) is 24.3 Å². The van der Waals surface area contributed by atoms with E-state index in [1.165, 1.54) is 113 Å². The minimum absolute atomic E-state index is 0. The number of hydrogen-bond acceptors (Lipinski definition) is 8. The maximum Gasteiger partial charge on any atom is 2.00 e. The summed E-state index contributed by atoms with van der Waals surface area (Å²) in [6, 6.07) is 27.0. The summed E-state index contributed by atoms with van der Waals surface area (Å²) < 4.78 is 79.4. The molecule has 11 heteroatoms. The smallest absolute Gasteiger partial charge is 0.744 e. The minimum atomic E-state index is -4.57. The zero-order valence-corrected chi connectivity index (χ0v) is 35.2. The first-order chi connectivity index (χ1) is 25.0. The van der Waals surface area contributed by atoms with Crippen LogP contribution in [-0.4, -0.2) is 63.7 Å². The molecule has 0 fully saturated rings. The zero-order chi connectivity index (χ0) is 37.7. The Morgan fingerprint density at radius 3 is 1.15 bits per heavy atom. The number of hydrogen-bond donors (Lipinski definition) is 0. The molecule has 0 N–H and O–H groups in total. The van der Waals surface area contributed by atoms with Gasteiger partial charge in [0.1, 0.15) is 43.2 Å². The van der Waals surface area contributed by atoms with E-state index < -0.39 is 20.2 Å². The summed E-state index contributed by atoms with van der Waals surface area (Å²) in [6.07, 6.45) is 19.6. The van der Waals surface area contributed by atoms with Gasteiger partial charge >= 0.3 is 37.7 Å². The Kier molecular flexibility index (Phi) is 22.6. The van der Waals surface area contributed by atoms with Gasteiger partial charge in [0.15, 0.2) is 0 Å². The van der Waals surface area contributed by atoms with Crippen molar-refractivity contribution < 1.29 is 35.4 Å². The van der Waals surface area contributed by atoms with Crippen molar-refractivity contribution >= 4 is 58.0 Å². The van der Waals surface area contributed by atoms with E-state index in [2.05, 4.69) is 13.8 Å². The van der Waals surface area contributed by atoms with Crippen molar-refractivity contribution in [1.82, 2.24) is 0 Å². The summed E-state index contributed by atoms with van der Waals surface area (Å²) in [6.45, 7) is 4.44. The van der Waals surface area contributed by atoms with Crippen molar-refractivity contribution in [3.05, 3.63) is 108 Å². The molecule has 4 aromatic rings. The van der Waals surface area contributed by atoms with Gasteiger partial charge in [-0.3, -0.25) is 0 Å². The number of aryl methyl sites for hydroxylation is 2. The second-order valence-corrected chi connectivity index (χ2v) is 15.7. The third-order valence-corrected chi connectivity index (χ3v) is 10.4. The average Bonchev–Trinajstić information content (AvgIpc) is 3.11. The van der Waals surface area contributed by atoms with E-state index in [0.29, 0.717) is 11.5 Å². The molecule has 0 aliphatic carbocycles. The topological polar surface area (TPSA) is 133 Å². The van der Waals surface area contributed by atoms with Gasteiger partial charge in [-0.15, -0.1) is 0 Å². The van der Waals surface area contributed by atoms with E-state index in [4.69, 9.17) is 9.47 Å². The Morgan fingerprint density at radius 1 is 0.453 bits per heavy atom. The summed E-state index contributed by atoms with van der Waals surface area (Å²) in [5.74, 6) is 1.22. The largest absolute Gasteiger partial charge is 2.00 e. The molecule has 0 radical (unpaired) electrons. The molecule has 0 atom stereocenters. The SMILES string of the molecule is CCCCCCCCCc1cccc(Oc2ccccc2S(=O)(=O)[O-])c1.CCCCCCCCCc1cccc(Oc2ccccc2S(=O)(=O)[O-])c1.[Ca+2]. The van der Waals surface area contributed by atoms with Crippen molar-refractivity contribution in [3.63, 3.8) is 0 Å². The molecule has 8 nitrogen and oxygen atoms in total. The van der Waals surface area contributed by atoms with Gasteiger partial charge in [-0.25, -0.2) is 16.8 Å². The Labute approximate surface area is 348 Å². The molecule has 4 aromatic carbocycles. The number of rotatable bonds is 22. The molecule has 0 amide bonds. The number of unbranched alkanes of at least 4 members (excludes halogenated alkanes) is 12. The third-order valence-electron chi connectivity index (χ3n) is 8.63. The third kappa shape index (κ3) is 18.6. The monoisotopic (exact) mass is 790 g/mol. The first-order valence-electron chi connectivity index (χ1n) is 18.6. The molecule has 284 valence electrons. The van der Waals surface area contributed by atoms with Crippen LogP contribution in [0.3, 0.4) is 0 Å². The average molecular weight is 791 g/mol. The summed E-state index contributed by atoms with van der Waals surface area (Å²) >= 11 is 0. The fraction of sp³-hybridized carbons (Fsp3) is 0.429. The molecule has 53 heavy (non-hydrogen) atoms. The maximum atomic E-state index is 11.3. The Hall–Kier alpha value is -2.44. The molecule has 0 spiro atoms. The normalized spacial score (nSPS) is 11.2. The van der Waals surface area contributed by atoms with Crippen LogP contribution in [0.15, 0.2) is 107 Å². The van der Waals surface area contributed by atoms with Crippen molar-refractivity contribution in [3.8, 4) is 23.0 Å². The summed E-state index contributed by atoms with van der Waals surface area (Å²) in [4.78, 5) is -0.671. The van der Waals surface area contributed by atoms with Crippen molar-refractivity contribution in [2.45, 2.75) is 126 Å². The number of para-hydroxylation sites is 2. The van der Waals surface area contributed by atoms with Gasteiger partial charge < -0.3 is 18.6 Å². The standard InChI is InChI=1S/2C21H28O4S.Ca/c2*1-2-3-4-5-6-7-8-12-18-13-11-14-19(17-18)25-20-15-9-10-16-21(20)26(22,23)24;/h2*9-11,13-17H,2-8,12H2,1H3,(H,22,23,24);/q;;+2/p-2. The maximum absolute atomic E-state index is 11.3. The predicted molar refractivity (Wildman–Crippen MR) is 211 cm³/mol. The first-order valence-corrected chi connectivity index (χ1v) is 21.5. The van der Waals surface area contributed by atoms with Crippen LogP contribution in [0.25, 0.3) is 0 Å². The molecule has 0 bridgehead atoms. The molecule has 0 aliphatic rings. The molecule has 0 aromatic heterocycles. The van der Waals surface area contributed by atoms with Crippen LogP contribution in [0, 0.1) is 0 Å². The van der Waals surface area contributed by atoms with Crippen LogP contribution in [0.2, 0.25) is 0 Å². The number of benzene rings is 4. The van der Waals surface area contributed by atoms with Crippen LogP contribution in [0.1, 0.15) is 115 Å². The molecule has 0 saturated heterocycles. The fourth-order valence-corrected chi connectivity index (χ4v) is 7.04. The van der Waals surface area contributed by atoms with Crippen LogP contribution in [-0.2, 0) is 33.1 Å². The molecule has 0 heterocycles. The van der Waals surface area contributed by atoms with Crippen molar-refractivity contribution in [1.29, 1.82) is 0 Å². The van der Waals surface area contributed by atoms with E-state index >= 15 is 0 Å². The van der Waals surface area contributed by atoms with Crippen LogP contribution in [0.5, 0.6) is 23.0 Å². The van der Waals surface area contributed by atoms with Crippen LogP contribution < -0.4 is 9.47 Å². The van der Waals surface area contributed by atoms with E-state index in [1.807, 2.05) is 36.4 Å². The van der Waals surface area contributed by atoms with E-state index in [0.717, 1.165) is 36.8 Å². The van der Waals surface area contributed by atoms with Gasteiger partial charge in [-0.05, 0) is 85.3 Å². The quantitative estimate of drug-likeness (QED) is 0.0436. The number of ether oxygens (including phenoxy) is 2. The fourth-order valence-electron chi connectivity index (χ4n) is 5.84. The summed E-state index contributed by atoms with van der Waals surface area (Å²) in [5.41, 5.74) is 2.30. The zero-order valence-electron chi connectivity index (χ0n) is 31.3. The second-order valence-electron chi connectivity index (χ2n) is 13.0. The molecule has 4 rings (SSSR count). The van der Waals surface area contributed by atoms with Crippen LogP contribution >= 0.6 is 0 Å². The molecule has 0 aliphatic heterocycles. The minimum Gasteiger partial charge on any atom is -0.744 e. The molecular formula is C42H54CaO8S2. The Balaban J connectivity index is 0.000000360. The van der Waals surface area contributed by atoms with E-state index in [-0.39, 0.29) is 59.0 Å². The van der Waals surface area contributed by atoms with Gasteiger partial charge in [0.05, 0.1) is 9.79 Å². The van der Waals surface area contributed by atoms with Crippen molar-refractivity contribution in [2.24, 2.45) is 0 Å². The predicted octanol–water partition coefficient (Wildman–Crippen LogP) is 11.0. The Morgan fingerprint density at radius 2 is 0.792 bits per heavy atom. The van der Waals surface area contributed by atoms with E-state index in [9.17, 15) is 25.9 Å². The van der Waals surface area contributed by atoms with Gasteiger partial charge in [-0.1, -0.05) is 139 Å². The second kappa shape index (κ2) is 25.6. The Bertz CT molecular complexity index is 1710. The van der Waals surface area contributed by atoms with Crippen LogP contribution in [0.4, 0.5) is 0 Å². The van der Waals surface area contributed by atoms with Crippen molar-refractivity contribution in [2.75, 3.05) is 0 Å². The molecule has 0 saturated carbocycles. The van der Waals surface area contributed by atoms with Gasteiger partial charge in [0, 0.05) is 0 Å². The molecule has 0 unspecified atom stereocenters. The summed E-state index contributed by atoms with van der Waals surface area (Å²) in [7, 11) is -9.13. The van der Waals surface area contributed by atoms with Gasteiger partial charge in [0.2, 0.25) is 0 Å². The van der Waals surface area contributed by atoms with Gasteiger partial charge in [0.25, 0.3) is 0 Å². The van der Waals surface area contributed by atoms with Gasteiger partial charge in [-0.2, -0.15) is 0 Å². The first kappa shape index (κ1) is 46.7. The molecular weight excluding hydrogens is 737 g/mol.